The number of aryl methyl sites for hydroxylation is 1. The van der Waals surface area contributed by atoms with Crippen molar-refractivity contribution in [1.29, 1.82) is 0 Å². The van der Waals surface area contributed by atoms with E-state index in [1.807, 2.05) is 0 Å². The summed E-state index contributed by atoms with van der Waals surface area (Å²) >= 11 is 0. The summed E-state index contributed by atoms with van der Waals surface area (Å²) in [6.07, 6.45) is -14.0. The summed E-state index contributed by atoms with van der Waals surface area (Å²) in [6, 6.07) is 8.35. The van der Waals surface area contributed by atoms with Crippen molar-refractivity contribution < 1.29 is 40.2 Å². The van der Waals surface area contributed by atoms with Gasteiger partial charge in [-0.3, -0.25) is 4.98 Å². The van der Waals surface area contributed by atoms with Crippen LogP contribution in [0.3, 0.4) is 0 Å². The molecule has 0 amide bonds. The van der Waals surface area contributed by atoms with Crippen LogP contribution in [0.2, 0.25) is 0 Å². The predicted octanol–water partition coefficient (Wildman–Crippen LogP) is 8.64. The number of nitrogens with zero attached hydrogens (tertiary/aromatic N) is 1. The zero-order valence-corrected chi connectivity index (χ0v) is 20.5. The number of hydrogen-bond donors (Lipinski definition) is 1. The number of pyridine rings is 1. The fourth-order valence-corrected chi connectivity index (χ4v) is 5.05. The summed E-state index contributed by atoms with van der Waals surface area (Å²) in [5, 5.41) is 11.2. The van der Waals surface area contributed by atoms with Crippen molar-refractivity contribution in [2.45, 2.75) is 63.7 Å². The van der Waals surface area contributed by atoms with Crippen LogP contribution >= 0.6 is 0 Å². The number of aliphatic hydroxyl groups is 1. The van der Waals surface area contributed by atoms with E-state index in [0.717, 1.165) is 36.4 Å². The molecule has 3 atom stereocenters. The third-order valence-corrected chi connectivity index (χ3v) is 6.83. The fraction of sp³-hybridized carbons (Fsp3) is 0.393. The van der Waals surface area contributed by atoms with Gasteiger partial charge < -0.3 is 5.11 Å². The molecule has 1 N–H and O–H groups in total. The van der Waals surface area contributed by atoms with Crippen LogP contribution in [-0.4, -0.2) is 16.3 Å². The number of alkyl halides is 7. The topological polar surface area (TPSA) is 33.1 Å². The lowest BCUT2D eigenvalue weighted by atomic mass is 9.75. The van der Waals surface area contributed by atoms with Crippen molar-refractivity contribution in [2.75, 3.05) is 0 Å². The Bertz CT molecular complexity index is 1280. The van der Waals surface area contributed by atoms with E-state index in [1.165, 1.54) is 12.1 Å². The second kappa shape index (κ2) is 10.3. The standard InChI is InChI=1S/C28H25F8NO/c1-14(2)25-23(24(30)16-3-8-18(9-4-16)28(34,35)36)21(15-5-10-19(29)11-6-15)22-20(37-25)12-7-17(26(22)38)13-27(31,32)33/h3-6,8-11,14,17,24,26,38H,7,12-13H2,1-2H3. The lowest BCUT2D eigenvalue weighted by Crippen LogP contribution is -2.28. The molecule has 3 aromatic rings. The Labute approximate surface area is 214 Å². The van der Waals surface area contributed by atoms with Crippen molar-refractivity contribution >= 4 is 0 Å². The van der Waals surface area contributed by atoms with Crippen LogP contribution in [0.25, 0.3) is 11.1 Å². The molecule has 38 heavy (non-hydrogen) atoms. The number of aromatic nitrogens is 1. The molecule has 2 aromatic carbocycles. The molecule has 0 fully saturated rings. The van der Waals surface area contributed by atoms with E-state index >= 15 is 4.39 Å². The molecule has 0 saturated heterocycles. The Morgan fingerprint density at radius 3 is 2.08 bits per heavy atom. The van der Waals surface area contributed by atoms with Crippen molar-refractivity contribution in [3.05, 3.63) is 88.0 Å². The number of benzene rings is 2. The smallest absolute Gasteiger partial charge is 0.388 e. The van der Waals surface area contributed by atoms with Gasteiger partial charge in [0.1, 0.15) is 5.82 Å². The minimum Gasteiger partial charge on any atom is -0.388 e. The molecule has 0 aliphatic heterocycles. The van der Waals surface area contributed by atoms with E-state index in [2.05, 4.69) is 4.98 Å². The van der Waals surface area contributed by atoms with Gasteiger partial charge in [0.25, 0.3) is 0 Å². The molecule has 2 nitrogen and oxygen atoms in total. The largest absolute Gasteiger partial charge is 0.416 e. The van der Waals surface area contributed by atoms with E-state index in [0.29, 0.717) is 5.69 Å². The zero-order valence-electron chi connectivity index (χ0n) is 20.5. The molecule has 0 spiro atoms. The van der Waals surface area contributed by atoms with E-state index < -0.39 is 48.3 Å². The van der Waals surface area contributed by atoms with Gasteiger partial charge in [0.2, 0.25) is 0 Å². The summed E-state index contributed by atoms with van der Waals surface area (Å²) < 4.78 is 109. The van der Waals surface area contributed by atoms with Gasteiger partial charge in [0, 0.05) is 23.2 Å². The van der Waals surface area contributed by atoms with Crippen LogP contribution in [0.1, 0.15) is 78.5 Å². The minimum absolute atomic E-state index is 0.0123. The van der Waals surface area contributed by atoms with Crippen LogP contribution < -0.4 is 0 Å². The van der Waals surface area contributed by atoms with Gasteiger partial charge in [0.15, 0.2) is 6.17 Å². The Morgan fingerprint density at radius 1 is 0.947 bits per heavy atom. The Kier molecular flexibility index (Phi) is 7.58. The molecule has 4 rings (SSSR count). The molecule has 0 bridgehead atoms. The molecular weight excluding hydrogens is 518 g/mol. The number of hydrogen-bond acceptors (Lipinski definition) is 2. The number of aliphatic hydroxyl groups excluding tert-OH is 1. The average Bonchev–Trinajstić information content (AvgIpc) is 2.83. The monoisotopic (exact) mass is 543 g/mol. The van der Waals surface area contributed by atoms with Crippen LogP contribution in [-0.2, 0) is 12.6 Å². The van der Waals surface area contributed by atoms with Crippen molar-refractivity contribution in [3.63, 3.8) is 0 Å². The summed E-state index contributed by atoms with van der Waals surface area (Å²) in [5.74, 6) is -2.19. The first kappa shape index (κ1) is 28.0. The van der Waals surface area contributed by atoms with E-state index in [9.17, 15) is 35.8 Å². The van der Waals surface area contributed by atoms with Crippen LogP contribution in [0.15, 0.2) is 48.5 Å². The van der Waals surface area contributed by atoms with Crippen LogP contribution in [0.4, 0.5) is 35.1 Å². The van der Waals surface area contributed by atoms with Gasteiger partial charge in [-0.15, -0.1) is 0 Å². The van der Waals surface area contributed by atoms with Crippen LogP contribution in [0, 0.1) is 11.7 Å². The second-order valence-electron chi connectivity index (χ2n) is 9.85. The molecule has 204 valence electrons. The summed E-state index contributed by atoms with van der Waals surface area (Å²) in [7, 11) is 0. The quantitative estimate of drug-likeness (QED) is 0.327. The molecule has 0 saturated carbocycles. The summed E-state index contributed by atoms with van der Waals surface area (Å²) in [6.45, 7) is 3.47. The molecule has 10 heteroatoms. The van der Waals surface area contributed by atoms with Crippen molar-refractivity contribution in [1.82, 2.24) is 4.98 Å². The maximum absolute atomic E-state index is 16.4. The number of rotatable bonds is 5. The third kappa shape index (κ3) is 5.70. The number of fused-ring (bicyclic) bond motifs is 1. The Morgan fingerprint density at radius 2 is 1.55 bits per heavy atom. The van der Waals surface area contributed by atoms with Crippen molar-refractivity contribution in [2.24, 2.45) is 5.92 Å². The Hall–Kier alpha value is -3.01. The maximum Gasteiger partial charge on any atom is 0.416 e. The lowest BCUT2D eigenvalue weighted by molar-refractivity contribution is -0.154. The van der Waals surface area contributed by atoms with E-state index in [1.54, 1.807) is 13.8 Å². The van der Waals surface area contributed by atoms with Gasteiger partial charge in [-0.2, -0.15) is 26.3 Å². The highest BCUT2D eigenvalue weighted by molar-refractivity contribution is 5.75. The predicted molar refractivity (Wildman–Crippen MR) is 126 cm³/mol. The van der Waals surface area contributed by atoms with Gasteiger partial charge >= 0.3 is 12.4 Å². The third-order valence-electron chi connectivity index (χ3n) is 6.83. The molecular formula is C28H25F8NO. The first-order chi connectivity index (χ1) is 17.7. The highest BCUT2D eigenvalue weighted by Crippen LogP contribution is 2.49. The lowest BCUT2D eigenvalue weighted by Gasteiger charge is -2.34. The van der Waals surface area contributed by atoms with E-state index in [-0.39, 0.29) is 52.3 Å². The molecule has 0 radical (unpaired) electrons. The fourth-order valence-electron chi connectivity index (χ4n) is 5.05. The zero-order chi connectivity index (χ0) is 28.0. The first-order valence-corrected chi connectivity index (χ1v) is 12.1. The molecule has 1 aliphatic rings. The first-order valence-electron chi connectivity index (χ1n) is 12.1. The summed E-state index contributed by atoms with van der Waals surface area (Å²) in [5.41, 5.74) is -0.205. The average molecular weight is 543 g/mol. The van der Waals surface area contributed by atoms with Crippen LogP contribution in [0.5, 0.6) is 0 Å². The molecule has 1 heterocycles. The number of halogens is 8. The molecule has 1 aliphatic carbocycles. The second-order valence-corrected chi connectivity index (χ2v) is 9.85. The molecule has 1 aromatic heterocycles. The van der Waals surface area contributed by atoms with Gasteiger partial charge in [-0.1, -0.05) is 38.1 Å². The van der Waals surface area contributed by atoms with E-state index in [4.69, 9.17) is 0 Å². The van der Waals surface area contributed by atoms with Gasteiger partial charge in [-0.05, 0) is 65.6 Å². The van der Waals surface area contributed by atoms with Crippen molar-refractivity contribution in [3.8, 4) is 11.1 Å². The summed E-state index contributed by atoms with van der Waals surface area (Å²) in [4.78, 5) is 4.57. The SMILES string of the molecule is CC(C)c1nc2c(c(-c3ccc(F)cc3)c1C(F)c1ccc(C(F)(F)F)cc1)C(O)C(CC(F)(F)F)CC2. The Balaban J connectivity index is 1.97. The highest BCUT2D eigenvalue weighted by atomic mass is 19.4. The maximum atomic E-state index is 16.4. The minimum atomic E-state index is -4.63. The highest BCUT2D eigenvalue weighted by Gasteiger charge is 2.41. The molecule has 3 unspecified atom stereocenters. The normalized spacial score (nSPS) is 18.9. The van der Waals surface area contributed by atoms with Gasteiger partial charge in [0.05, 0.1) is 17.4 Å². The van der Waals surface area contributed by atoms with Gasteiger partial charge in [-0.25, -0.2) is 8.78 Å².